The summed E-state index contributed by atoms with van der Waals surface area (Å²) < 4.78 is 24.7. The van der Waals surface area contributed by atoms with Crippen molar-refractivity contribution in [2.45, 2.75) is 38.5 Å². The number of nitrogens with two attached hydrogens (primary N) is 1. The zero-order chi connectivity index (χ0) is 15.8. The van der Waals surface area contributed by atoms with Crippen LogP contribution in [0.5, 0.6) is 0 Å². The van der Waals surface area contributed by atoms with Crippen LogP contribution in [0.3, 0.4) is 0 Å². The van der Waals surface area contributed by atoms with Crippen molar-refractivity contribution in [1.82, 2.24) is 0 Å². The van der Waals surface area contributed by atoms with Crippen LogP contribution in [0.4, 0.5) is 10.7 Å². The van der Waals surface area contributed by atoms with Crippen LogP contribution in [-0.4, -0.2) is 27.3 Å². The van der Waals surface area contributed by atoms with Gasteiger partial charge in [-0.05, 0) is 18.3 Å². The Bertz CT molecular complexity index is 684. The molecule has 0 aromatic carbocycles. The van der Waals surface area contributed by atoms with E-state index < -0.39 is 9.84 Å². The Morgan fingerprint density at radius 1 is 1.48 bits per heavy atom. The molecular weight excluding hydrogens is 306 g/mol. The smallest absolute Gasteiger partial charge is 0.183 e. The highest BCUT2D eigenvalue weighted by Crippen LogP contribution is 2.44. The molecule has 1 aromatic heterocycles. The average Bonchev–Trinajstić information content (AvgIpc) is 2.75. The van der Waals surface area contributed by atoms with E-state index in [1.54, 1.807) is 6.92 Å². The second-order valence-corrected chi connectivity index (χ2v) is 9.40. The molecule has 0 amide bonds. The van der Waals surface area contributed by atoms with Gasteiger partial charge in [-0.1, -0.05) is 20.8 Å². The van der Waals surface area contributed by atoms with Crippen molar-refractivity contribution in [3.63, 3.8) is 0 Å². The molecule has 0 aliphatic carbocycles. The molecule has 1 fully saturated rings. The Balaban J connectivity index is 2.56. The molecule has 2 rings (SSSR count). The Hall–Kier alpha value is -1.26. The van der Waals surface area contributed by atoms with Gasteiger partial charge < -0.3 is 10.6 Å². The standard InChI is InChI=1S/C14H21N3O2S2/c1-4-21(18,19)12-11(16)10(8-15)20-13(12)17-7-5-6-14(2,3)9-17/h4-7,9,16H2,1-3H3. The van der Waals surface area contributed by atoms with Crippen LogP contribution in [0.2, 0.25) is 0 Å². The van der Waals surface area contributed by atoms with Gasteiger partial charge in [-0.3, -0.25) is 0 Å². The van der Waals surface area contributed by atoms with Gasteiger partial charge in [0.05, 0.1) is 11.4 Å². The highest BCUT2D eigenvalue weighted by atomic mass is 32.2. The lowest BCUT2D eigenvalue weighted by Crippen LogP contribution is -2.40. The predicted molar refractivity (Wildman–Crippen MR) is 86.4 cm³/mol. The summed E-state index contributed by atoms with van der Waals surface area (Å²) in [6.07, 6.45) is 2.13. The van der Waals surface area contributed by atoms with Gasteiger partial charge in [0.1, 0.15) is 20.8 Å². The van der Waals surface area contributed by atoms with Crippen LogP contribution in [-0.2, 0) is 9.84 Å². The topological polar surface area (TPSA) is 87.2 Å². The van der Waals surface area contributed by atoms with E-state index >= 15 is 0 Å². The van der Waals surface area contributed by atoms with Crippen LogP contribution in [0.1, 0.15) is 38.5 Å². The maximum absolute atomic E-state index is 12.4. The average molecular weight is 327 g/mol. The zero-order valence-electron chi connectivity index (χ0n) is 12.6. The quantitative estimate of drug-likeness (QED) is 0.922. The molecule has 5 nitrogen and oxygen atoms in total. The molecule has 0 radical (unpaired) electrons. The Kier molecular flexibility index (Phi) is 4.22. The van der Waals surface area contributed by atoms with E-state index in [4.69, 9.17) is 11.0 Å². The lowest BCUT2D eigenvalue weighted by molar-refractivity contribution is 0.293. The van der Waals surface area contributed by atoms with Gasteiger partial charge in [-0.25, -0.2) is 8.42 Å². The molecule has 2 heterocycles. The molecule has 0 spiro atoms. The summed E-state index contributed by atoms with van der Waals surface area (Å²) in [7, 11) is -3.44. The second-order valence-electron chi connectivity index (χ2n) is 6.18. The Morgan fingerprint density at radius 3 is 2.67 bits per heavy atom. The van der Waals surface area contributed by atoms with E-state index in [1.165, 1.54) is 11.3 Å². The summed E-state index contributed by atoms with van der Waals surface area (Å²) >= 11 is 1.20. The van der Waals surface area contributed by atoms with Crippen LogP contribution in [0.25, 0.3) is 0 Å². The number of rotatable bonds is 3. The maximum atomic E-state index is 12.4. The minimum absolute atomic E-state index is 0.0109. The van der Waals surface area contributed by atoms with Gasteiger partial charge in [0, 0.05) is 13.1 Å². The van der Waals surface area contributed by atoms with E-state index in [1.807, 2.05) is 6.07 Å². The number of piperidine rings is 1. The van der Waals surface area contributed by atoms with Crippen molar-refractivity contribution in [3.8, 4) is 6.07 Å². The number of nitrogen functional groups attached to an aromatic ring is 1. The van der Waals surface area contributed by atoms with Gasteiger partial charge in [0.25, 0.3) is 0 Å². The van der Waals surface area contributed by atoms with Crippen LogP contribution < -0.4 is 10.6 Å². The second kappa shape index (κ2) is 5.50. The summed E-state index contributed by atoms with van der Waals surface area (Å²) in [5.74, 6) is -0.0109. The van der Waals surface area contributed by atoms with E-state index in [-0.39, 0.29) is 21.8 Å². The first-order valence-corrected chi connectivity index (χ1v) is 9.49. The fourth-order valence-electron chi connectivity index (χ4n) is 2.75. The number of hydrogen-bond acceptors (Lipinski definition) is 6. The fourth-order valence-corrected chi connectivity index (χ4v) is 5.38. The molecular formula is C14H21N3O2S2. The first-order valence-electron chi connectivity index (χ1n) is 7.02. The first kappa shape index (κ1) is 16.1. The van der Waals surface area contributed by atoms with Gasteiger partial charge >= 0.3 is 0 Å². The number of nitrogens with zero attached hydrogens (tertiary/aromatic N) is 2. The van der Waals surface area contributed by atoms with Crippen molar-refractivity contribution >= 4 is 31.9 Å². The fraction of sp³-hybridized carbons (Fsp3) is 0.643. The van der Waals surface area contributed by atoms with Gasteiger partial charge in [0.2, 0.25) is 0 Å². The number of hydrogen-bond donors (Lipinski definition) is 1. The SMILES string of the molecule is CCS(=O)(=O)c1c(N2CCCC(C)(C)C2)sc(C#N)c1N. The van der Waals surface area contributed by atoms with E-state index in [0.717, 1.165) is 25.9 Å². The Morgan fingerprint density at radius 2 is 2.14 bits per heavy atom. The number of sulfone groups is 1. The molecule has 7 heteroatoms. The number of anilines is 2. The molecule has 21 heavy (non-hydrogen) atoms. The van der Waals surface area contributed by atoms with E-state index in [9.17, 15) is 8.42 Å². The predicted octanol–water partition coefficient (Wildman–Crippen LogP) is 2.62. The van der Waals surface area contributed by atoms with Crippen molar-refractivity contribution in [2.75, 3.05) is 29.5 Å². The lowest BCUT2D eigenvalue weighted by Gasteiger charge is -2.39. The minimum Gasteiger partial charge on any atom is -0.396 e. The van der Waals surface area contributed by atoms with Crippen LogP contribution >= 0.6 is 11.3 Å². The largest absolute Gasteiger partial charge is 0.396 e. The van der Waals surface area contributed by atoms with Crippen LogP contribution in [0.15, 0.2) is 4.90 Å². The van der Waals surface area contributed by atoms with Crippen molar-refractivity contribution in [1.29, 1.82) is 5.26 Å². The monoisotopic (exact) mass is 327 g/mol. The molecule has 0 bridgehead atoms. The summed E-state index contributed by atoms with van der Waals surface area (Å²) in [6, 6.07) is 2.01. The molecule has 1 aliphatic heterocycles. The third kappa shape index (κ3) is 3.01. The maximum Gasteiger partial charge on any atom is 0.183 e. The molecule has 1 aromatic rings. The summed E-state index contributed by atoms with van der Waals surface area (Å²) in [6.45, 7) is 7.54. The molecule has 2 N–H and O–H groups in total. The first-order chi connectivity index (χ1) is 9.72. The molecule has 0 atom stereocenters. The highest BCUT2D eigenvalue weighted by Gasteiger charge is 2.33. The number of thiophene rings is 1. The minimum atomic E-state index is -3.44. The van der Waals surface area contributed by atoms with Gasteiger partial charge in [0.15, 0.2) is 9.84 Å². The van der Waals surface area contributed by atoms with Crippen molar-refractivity contribution < 1.29 is 8.42 Å². The normalized spacial score (nSPS) is 18.5. The van der Waals surface area contributed by atoms with Crippen molar-refractivity contribution in [3.05, 3.63) is 4.88 Å². The van der Waals surface area contributed by atoms with Gasteiger partial charge in [-0.2, -0.15) is 5.26 Å². The molecule has 0 unspecified atom stereocenters. The third-order valence-electron chi connectivity index (χ3n) is 3.86. The highest BCUT2D eigenvalue weighted by molar-refractivity contribution is 7.91. The summed E-state index contributed by atoms with van der Waals surface area (Å²) in [5, 5.41) is 9.80. The molecule has 1 saturated heterocycles. The van der Waals surface area contributed by atoms with E-state index in [0.29, 0.717) is 9.88 Å². The summed E-state index contributed by atoms with van der Waals surface area (Å²) in [5.41, 5.74) is 6.18. The van der Waals surface area contributed by atoms with Crippen molar-refractivity contribution in [2.24, 2.45) is 5.41 Å². The molecule has 0 saturated carbocycles. The zero-order valence-corrected chi connectivity index (χ0v) is 14.3. The Labute approximate surface area is 130 Å². The van der Waals surface area contributed by atoms with Gasteiger partial charge in [-0.15, -0.1) is 11.3 Å². The third-order valence-corrected chi connectivity index (χ3v) is 6.96. The lowest BCUT2D eigenvalue weighted by atomic mass is 9.84. The van der Waals surface area contributed by atoms with E-state index in [2.05, 4.69) is 18.7 Å². The number of nitriles is 1. The van der Waals surface area contributed by atoms with Crippen LogP contribution in [0, 0.1) is 16.7 Å². The molecule has 1 aliphatic rings. The summed E-state index contributed by atoms with van der Waals surface area (Å²) in [4.78, 5) is 2.53. The molecule has 116 valence electrons.